The van der Waals surface area contributed by atoms with E-state index in [1.54, 1.807) is 6.92 Å². The second-order valence-electron chi connectivity index (χ2n) is 5.07. The van der Waals surface area contributed by atoms with Gasteiger partial charge in [-0.2, -0.15) is 0 Å². The first-order valence-electron chi connectivity index (χ1n) is 5.74. The third kappa shape index (κ3) is 1.56. The van der Waals surface area contributed by atoms with Gasteiger partial charge >= 0.3 is 0 Å². The zero-order valence-corrected chi connectivity index (χ0v) is 14.3. The molecule has 1 saturated carbocycles. The van der Waals surface area contributed by atoms with E-state index < -0.39 is 14.1 Å². The molecule has 2 aliphatic carbocycles. The molecule has 1 saturated heterocycles. The Bertz CT molecular complexity index is 428. The van der Waals surface area contributed by atoms with Crippen molar-refractivity contribution >= 4 is 69.6 Å². The predicted octanol–water partition coefficient (Wildman–Crippen LogP) is 4.46. The Balaban J connectivity index is 2.16. The van der Waals surface area contributed by atoms with Crippen molar-refractivity contribution in [3.8, 4) is 0 Å². The van der Waals surface area contributed by atoms with Crippen molar-refractivity contribution < 1.29 is 9.47 Å². The van der Waals surface area contributed by atoms with Gasteiger partial charge in [0.25, 0.3) is 0 Å². The fraction of sp³-hybridized carbons (Fsp3) is 0.818. The Morgan fingerprint density at radius 3 is 1.63 bits per heavy atom. The first-order chi connectivity index (χ1) is 8.69. The maximum Gasteiger partial charge on any atom is 0.167 e. The summed E-state index contributed by atoms with van der Waals surface area (Å²) in [5.74, 6) is -0.525. The van der Waals surface area contributed by atoms with Gasteiger partial charge in [-0.1, -0.05) is 46.4 Å². The molecule has 1 heterocycles. The van der Waals surface area contributed by atoms with Crippen LogP contribution in [-0.4, -0.2) is 33.6 Å². The molecule has 2 fully saturated rings. The van der Waals surface area contributed by atoms with Crippen LogP contribution in [0.1, 0.15) is 6.92 Å². The summed E-state index contributed by atoms with van der Waals surface area (Å²) in [7, 11) is 0. The van der Waals surface area contributed by atoms with E-state index in [1.807, 2.05) is 0 Å². The summed E-state index contributed by atoms with van der Waals surface area (Å²) in [6, 6.07) is 0. The van der Waals surface area contributed by atoms with Gasteiger partial charge in [0, 0.05) is 11.8 Å². The molecule has 0 aromatic heterocycles. The van der Waals surface area contributed by atoms with Crippen LogP contribution in [0.25, 0.3) is 0 Å². The molecule has 3 rings (SSSR count). The molecular weight excluding hydrogens is 377 g/mol. The van der Waals surface area contributed by atoms with Gasteiger partial charge in [0.1, 0.15) is 9.75 Å². The van der Waals surface area contributed by atoms with Gasteiger partial charge in [-0.3, -0.25) is 0 Å². The van der Waals surface area contributed by atoms with Crippen molar-refractivity contribution in [2.24, 2.45) is 11.8 Å². The van der Waals surface area contributed by atoms with E-state index in [0.717, 1.165) is 0 Å². The fourth-order valence-electron chi connectivity index (χ4n) is 3.19. The summed E-state index contributed by atoms with van der Waals surface area (Å²) in [5, 5.41) is 0.408. The third-order valence-electron chi connectivity index (χ3n) is 4.27. The summed E-state index contributed by atoms with van der Waals surface area (Å²) in [4.78, 5) is -2.51. The van der Waals surface area contributed by atoms with Crippen LogP contribution < -0.4 is 0 Å². The monoisotopic (exact) mass is 384 g/mol. The lowest BCUT2D eigenvalue weighted by Gasteiger charge is -2.34. The molecule has 0 N–H and O–H groups in total. The lowest BCUT2D eigenvalue weighted by atomic mass is 9.83. The fourth-order valence-corrected chi connectivity index (χ4v) is 6.25. The molecule has 19 heavy (non-hydrogen) atoms. The topological polar surface area (TPSA) is 18.5 Å². The summed E-state index contributed by atoms with van der Waals surface area (Å²) in [6.07, 6.45) is -0.344. The number of hydrogen-bond donors (Lipinski definition) is 0. The molecule has 5 atom stereocenters. The Labute approximate surface area is 141 Å². The van der Waals surface area contributed by atoms with Crippen molar-refractivity contribution in [2.75, 3.05) is 13.2 Å². The summed E-state index contributed by atoms with van der Waals surface area (Å²) < 4.78 is 9.59. The molecule has 0 spiro atoms. The minimum absolute atomic E-state index is 0.204. The van der Waals surface area contributed by atoms with Crippen LogP contribution in [0.15, 0.2) is 10.1 Å². The predicted molar refractivity (Wildman–Crippen MR) is 78.7 cm³/mol. The van der Waals surface area contributed by atoms with E-state index in [2.05, 4.69) is 0 Å². The van der Waals surface area contributed by atoms with E-state index in [9.17, 15) is 0 Å². The Morgan fingerprint density at radius 1 is 0.895 bits per heavy atom. The SMILES string of the molecule is CC1OC[C@@H]2[C@H](CO1)[C@]1(Cl)C(Cl)=C(Cl)[C@@]2(Cl)C1(Cl)Cl. The Hall–Kier alpha value is 1.40. The van der Waals surface area contributed by atoms with Gasteiger partial charge in [0.2, 0.25) is 0 Å². The molecule has 1 unspecified atom stereocenters. The number of rotatable bonds is 0. The molecule has 108 valence electrons. The normalized spacial score (nSPS) is 52.3. The molecule has 3 aliphatic rings. The minimum atomic E-state index is -1.51. The summed E-state index contributed by atoms with van der Waals surface area (Å²) >= 11 is 38.7. The van der Waals surface area contributed by atoms with Crippen LogP contribution >= 0.6 is 69.6 Å². The number of alkyl halides is 4. The van der Waals surface area contributed by atoms with Crippen LogP contribution in [0.5, 0.6) is 0 Å². The first-order valence-corrected chi connectivity index (χ1v) is 8.00. The van der Waals surface area contributed by atoms with Gasteiger partial charge in [-0.25, -0.2) is 0 Å². The maximum atomic E-state index is 6.66. The van der Waals surface area contributed by atoms with Crippen LogP contribution in [0.3, 0.4) is 0 Å². The maximum absolute atomic E-state index is 6.66. The highest BCUT2D eigenvalue weighted by Crippen LogP contribution is 2.76. The van der Waals surface area contributed by atoms with Gasteiger partial charge in [-0.05, 0) is 6.92 Å². The number of halogens is 6. The lowest BCUT2D eigenvalue weighted by molar-refractivity contribution is -0.119. The average molecular weight is 387 g/mol. The van der Waals surface area contributed by atoms with Gasteiger partial charge in [-0.15, -0.1) is 23.2 Å². The molecule has 8 heteroatoms. The standard InChI is InChI=1S/C11H10Cl6O2/c1-4-18-2-5-6(3-19-4)10(15)8(13)7(12)9(5,14)11(10,16)17/h4-6H,2-3H2,1H3/t4?,5-,6+,9-,10+. The average Bonchev–Trinajstić information content (AvgIpc) is 2.54. The van der Waals surface area contributed by atoms with E-state index in [-0.39, 0.29) is 28.2 Å². The molecule has 0 aromatic rings. The number of hydrogen-bond acceptors (Lipinski definition) is 2. The highest BCUT2D eigenvalue weighted by atomic mass is 35.5. The minimum Gasteiger partial charge on any atom is -0.353 e. The van der Waals surface area contributed by atoms with Gasteiger partial charge in [0.15, 0.2) is 10.6 Å². The van der Waals surface area contributed by atoms with Crippen LogP contribution in [0.4, 0.5) is 0 Å². The largest absolute Gasteiger partial charge is 0.353 e. The van der Waals surface area contributed by atoms with E-state index in [4.69, 9.17) is 79.1 Å². The molecule has 0 radical (unpaired) electrons. The van der Waals surface area contributed by atoms with Crippen LogP contribution in [-0.2, 0) is 9.47 Å². The first kappa shape index (κ1) is 15.3. The number of ether oxygens (including phenoxy) is 2. The van der Waals surface area contributed by atoms with Crippen molar-refractivity contribution in [2.45, 2.75) is 27.3 Å². The van der Waals surface area contributed by atoms with Crippen LogP contribution in [0.2, 0.25) is 0 Å². The van der Waals surface area contributed by atoms with Crippen molar-refractivity contribution in [3.05, 3.63) is 10.1 Å². The van der Waals surface area contributed by atoms with E-state index >= 15 is 0 Å². The number of fused-ring (bicyclic) bond motifs is 5. The Kier molecular flexibility index (Phi) is 3.59. The summed E-state index contributed by atoms with van der Waals surface area (Å²) in [5.41, 5.74) is 0. The third-order valence-corrected chi connectivity index (χ3v) is 8.62. The van der Waals surface area contributed by atoms with Gasteiger partial charge < -0.3 is 9.47 Å². The molecule has 2 nitrogen and oxygen atoms in total. The summed E-state index contributed by atoms with van der Waals surface area (Å²) in [6.45, 7) is 2.42. The van der Waals surface area contributed by atoms with Crippen molar-refractivity contribution in [3.63, 3.8) is 0 Å². The zero-order chi connectivity index (χ0) is 14.2. The molecule has 0 aromatic carbocycles. The molecular formula is C11H10Cl6O2. The second-order valence-corrected chi connectivity index (χ2v) is 8.35. The quantitative estimate of drug-likeness (QED) is 0.572. The van der Waals surface area contributed by atoms with E-state index in [0.29, 0.717) is 13.2 Å². The molecule has 1 aliphatic heterocycles. The zero-order valence-electron chi connectivity index (χ0n) is 9.73. The second kappa shape index (κ2) is 4.45. The van der Waals surface area contributed by atoms with E-state index in [1.165, 1.54) is 0 Å². The Morgan fingerprint density at radius 2 is 1.26 bits per heavy atom. The van der Waals surface area contributed by atoms with Crippen LogP contribution in [0, 0.1) is 11.8 Å². The highest BCUT2D eigenvalue weighted by molar-refractivity contribution is 6.65. The number of allylic oxidation sites excluding steroid dienone is 2. The van der Waals surface area contributed by atoms with Gasteiger partial charge in [0.05, 0.1) is 23.3 Å². The molecule has 2 bridgehead atoms. The van der Waals surface area contributed by atoms with Crippen molar-refractivity contribution in [1.82, 2.24) is 0 Å². The lowest BCUT2D eigenvalue weighted by Crippen LogP contribution is -2.45. The highest BCUT2D eigenvalue weighted by Gasteiger charge is 2.82. The van der Waals surface area contributed by atoms with Crippen molar-refractivity contribution in [1.29, 1.82) is 0 Å². The molecule has 0 amide bonds. The smallest absolute Gasteiger partial charge is 0.167 e.